The van der Waals surface area contributed by atoms with E-state index in [4.69, 9.17) is 5.21 Å². The summed E-state index contributed by atoms with van der Waals surface area (Å²) in [6.45, 7) is 0.576. The Kier molecular flexibility index (Phi) is 6.71. The summed E-state index contributed by atoms with van der Waals surface area (Å²) in [6, 6.07) is 18.0. The highest BCUT2D eigenvalue weighted by Crippen LogP contribution is 2.38. The highest BCUT2D eigenvalue weighted by atomic mass is 16.5. The molecule has 4 amide bonds. The predicted octanol–water partition coefficient (Wildman–Crippen LogP) is 3.12. The van der Waals surface area contributed by atoms with Crippen molar-refractivity contribution in [2.24, 2.45) is 11.8 Å². The maximum atomic E-state index is 13.5. The maximum absolute atomic E-state index is 13.5. The SMILES string of the molecule is N#CC1CCC2C(=O)N(CCc3ccccc3)C(=O)N(Cc3ccc(C(=O)NO)cc3)C2C1. The Hall–Kier alpha value is -3.70. The molecule has 33 heavy (non-hydrogen) atoms. The molecule has 2 aromatic rings. The van der Waals surface area contributed by atoms with Gasteiger partial charge in [-0.15, -0.1) is 0 Å². The average Bonchev–Trinajstić information content (AvgIpc) is 2.86. The Morgan fingerprint density at radius 2 is 1.79 bits per heavy atom. The van der Waals surface area contributed by atoms with Crippen LogP contribution < -0.4 is 5.48 Å². The second-order valence-electron chi connectivity index (χ2n) is 8.59. The Bertz CT molecular complexity index is 1060. The van der Waals surface area contributed by atoms with Crippen LogP contribution in [0, 0.1) is 23.2 Å². The molecule has 1 aliphatic carbocycles. The third-order valence-corrected chi connectivity index (χ3v) is 6.60. The first-order valence-electron chi connectivity index (χ1n) is 11.1. The molecule has 1 saturated heterocycles. The van der Waals surface area contributed by atoms with E-state index in [1.165, 1.54) is 4.90 Å². The largest absolute Gasteiger partial charge is 0.327 e. The van der Waals surface area contributed by atoms with Gasteiger partial charge in [0.05, 0.1) is 12.0 Å². The van der Waals surface area contributed by atoms with Crippen LogP contribution in [0.5, 0.6) is 0 Å². The number of urea groups is 1. The molecule has 4 rings (SSSR count). The average molecular weight is 447 g/mol. The van der Waals surface area contributed by atoms with E-state index in [0.717, 1.165) is 11.1 Å². The number of nitrogens with zero attached hydrogens (tertiary/aromatic N) is 3. The molecule has 0 aromatic heterocycles. The molecule has 0 bridgehead atoms. The monoisotopic (exact) mass is 446 g/mol. The van der Waals surface area contributed by atoms with E-state index in [2.05, 4.69) is 6.07 Å². The quantitative estimate of drug-likeness (QED) is 0.523. The van der Waals surface area contributed by atoms with Crippen molar-refractivity contribution in [1.82, 2.24) is 15.3 Å². The summed E-state index contributed by atoms with van der Waals surface area (Å²) in [7, 11) is 0. The molecule has 170 valence electrons. The zero-order valence-electron chi connectivity index (χ0n) is 18.2. The minimum absolute atomic E-state index is 0.150. The Morgan fingerprint density at radius 3 is 2.45 bits per heavy atom. The number of hydroxylamine groups is 1. The molecule has 8 nitrogen and oxygen atoms in total. The van der Waals surface area contributed by atoms with Gasteiger partial charge in [-0.25, -0.2) is 10.3 Å². The number of carbonyl (C=O) groups is 3. The highest BCUT2D eigenvalue weighted by molar-refractivity contribution is 5.99. The third kappa shape index (κ3) is 4.73. The molecule has 2 aromatic carbocycles. The topological polar surface area (TPSA) is 114 Å². The highest BCUT2D eigenvalue weighted by Gasteiger charge is 2.48. The number of hydrogen-bond donors (Lipinski definition) is 2. The van der Waals surface area contributed by atoms with E-state index in [1.807, 2.05) is 30.3 Å². The number of carbonyl (C=O) groups excluding carboxylic acids is 3. The van der Waals surface area contributed by atoms with Gasteiger partial charge in [-0.1, -0.05) is 42.5 Å². The summed E-state index contributed by atoms with van der Waals surface area (Å²) in [5, 5.41) is 18.3. The van der Waals surface area contributed by atoms with Crippen LogP contribution in [0.3, 0.4) is 0 Å². The molecule has 3 unspecified atom stereocenters. The lowest BCUT2D eigenvalue weighted by atomic mass is 9.76. The summed E-state index contributed by atoms with van der Waals surface area (Å²) < 4.78 is 0. The zero-order valence-corrected chi connectivity index (χ0v) is 18.2. The first-order chi connectivity index (χ1) is 16.0. The van der Waals surface area contributed by atoms with Crippen molar-refractivity contribution >= 4 is 17.8 Å². The second kappa shape index (κ2) is 9.84. The van der Waals surface area contributed by atoms with Crippen molar-refractivity contribution in [1.29, 1.82) is 5.26 Å². The normalized spacial score (nSPS) is 22.5. The summed E-state index contributed by atoms with van der Waals surface area (Å²) in [5.74, 6) is -1.26. The van der Waals surface area contributed by atoms with E-state index >= 15 is 0 Å². The lowest BCUT2D eigenvalue weighted by molar-refractivity contribution is -0.141. The number of nitrogens with one attached hydrogen (secondary N) is 1. The van der Waals surface area contributed by atoms with Crippen molar-refractivity contribution < 1.29 is 19.6 Å². The molecule has 2 N–H and O–H groups in total. The van der Waals surface area contributed by atoms with Gasteiger partial charge in [0.1, 0.15) is 0 Å². The van der Waals surface area contributed by atoms with E-state index in [0.29, 0.717) is 37.8 Å². The van der Waals surface area contributed by atoms with Crippen LogP contribution in [0.15, 0.2) is 54.6 Å². The van der Waals surface area contributed by atoms with Gasteiger partial charge in [0.15, 0.2) is 0 Å². The van der Waals surface area contributed by atoms with Gasteiger partial charge >= 0.3 is 6.03 Å². The second-order valence-corrected chi connectivity index (χ2v) is 8.59. The van der Waals surface area contributed by atoms with Gasteiger partial charge < -0.3 is 4.90 Å². The van der Waals surface area contributed by atoms with Gasteiger partial charge in [0, 0.05) is 30.6 Å². The molecule has 1 heterocycles. The van der Waals surface area contributed by atoms with Crippen LogP contribution in [0.25, 0.3) is 0 Å². The minimum Gasteiger partial charge on any atom is -0.316 e. The van der Waals surface area contributed by atoms with Crippen molar-refractivity contribution in [3.05, 3.63) is 71.3 Å². The zero-order chi connectivity index (χ0) is 23.4. The summed E-state index contributed by atoms with van der Waals surface area (Å²) in [5.41, 5.74) is 3.75. The summed E-state index contributed by atoms with van der Waals surface area (Å²) in [6.07, 6.45) is 2.30. The Morgan fingerprint density at radius 1 is 1.06 bits per heavy atom. The standard InChI is InChI=1S/C25H26N4O4/c26-15-19-8-11-21-22(14-19)29(16-18-6-9-20(10-7-18)23(30)27-33)25(32)28(24(21)31)13-12-17-4-2-1-3-5-17/h1-7,9-10,19,21-22,33H,8,11-14,16H2,(H,27,30). The van der Waals surface area contributed by atoms with Crippen molar-refractivity contribution in [3.8, 4) is 6.07 Å². The third-order valence-electron chi connectivity index (χ3n) is 6.60. The summed E-state index contributed by atoms with van der Waals surface area (Å²) in [4.78, 5) is 41.4. The van der Waals surface area contributed by atoms with Crippen LogP contribution in [0.1, 0.15) is 40.7 Å². The van der Waals surface area contributed by atoms with E-state index in [-0.39, 0.29) is 36.4 Å². The fourth-order valence-corrected chi connectivity index (χ4v) is 4.79. The molecule has 8 heteroatoms. The fourth-order valence-electron chi connectivity index (χ4n) is 4.79. The van der Waals surface area contributed by atoms with Crippen LogP contribution >= 0.6 is 0 Å². The smallest absolute Gasteiger partial charge is 0.316 e. The lowest BCUT2D eigenvalue weighted by Gasteiger charge is -2.47. The molecular weight excluding hydrogens is 420 g/mol. The molecule has 1 aliphatic heterocycles. The van der Waals surface area contributed by atoms with Crippen molar-refractivity contribution in [3.63, 3.8) is 0 Å². The fraction of sp³-hybridized carbons (Fsp3) is 0.360. The molecule has 2 aliphatic rings. The van der Waals surface area contributed by atoms with Crippen LogP contribution in [0.2, 0.25) is 0 Å². The molecular formula is C25H26N4O4. The molecule has 3 atom stereocenters. The van der Waals surface area contributed by atoms with Gasteiger partial charge in [-0.2, -0.15) is 5.26 Å². The Labute approximate surface area is 192 Å². The number of imide groups is 1. The number of fused-ring (bicyclic) bond motifs is 1. The van der Waals surface area contributed by atoms with Crippen molar-refractivity contribution in [2.45, 2.75) is 38.3 Å². The number of benzene rings is 2. The van der Waals surface area contributed by atoms with E-state index < -0.39 is 5.91 Å². The predicted molar refractivity (Wildman–Crippen MR) is 119 cm³/mol. The number of hydrogen-bond acceptors (Lipinski definition) is 5. The molecule has 2 fully saturated rings. The Balaban J connectivity index is 1.57. The van der Waals surface area contributed by atoms with Crippen LogP contribution in [-0.2, 0) is 17.8 Å². The van der Waals surface area contributed by atoms with Gasteiger partial charge in [-0.05, 0) is 48.9 Å². The first kappa shape index (κ1) is 22.5. The minimum atomic E-state index is -0.613. The number of nitriles is 1. The van der Waals surface area contributed by atoms with Crippen LogP contribution in [0.4, 0.5) is 4.79 Å². The molecule has 0 spiro atoms. The van der Waals surface area contributed by atoms with Gasteiger partial charge in [0.25, 0.3) is 5.91 Å². The molecule has 1 saturated carbocycles. The number of rotatable bonds is 6. The molecule has 0 radical (unpaired) electrons. The van der Waals surface area contributed by atoms with Gasteiger partial charge in [-0.3, -0.25) is 19.7 Å². The first-order valence-corrected chi connectivity index (χ1v) is 11.1. The number of amides is 4. The van der Waals surface area contributed by atoms with Crippen LogP contribution in [-0.4, -0.2) is 45.4 Å². The van der Waals surface area contributed by atoms with Crippen molar-refractivity contribution in [2.75, 3.05) is 6.54 Å². The van der Waals surface area contributed by atoms with E-state index in [1.54, 1.807) is 34.6 Å². The van der Waals surface area contributed by atoms with E-state index in [9.17, 15) is 19.6 Å². The lowest BCUT2D eigenvalue weighted by Crippen LogP contribution is -2.63. The van der Waals surface area contributed by atoms with Gasteiger partial charge in [0.2, 0.25) is 5.91 Å². The summed E-state index contributed by atoms with van der Waals surface area (Å²) >= 11 is 0. The maximum Gasteiger partial charge on any atom is 0.327 e.